The van der Waals surface area contributed by atoms with Crippen molar-refractivity contribution in [1.29, 1.82) is 0 Å². The number of rotatable bonds is 3. The van der Waals surface area contributed by atoms with Gasteiger partial charge in [0.2, 0.25) is 5.88 Å². The van der Waals surface area contributed by atoms with E-state index in [-0.39, 0.29) is 17.4 Å². The molecule has 0 bridgehead atoms. The van der Waals surface area contributed by atoms with E-state index in [0.717, 1.165) is 0 Å². The topological polar surface area (TPSA) is 59.4 Å². The van der Waals surface area contributed by atoms with Crippen LogP contribution < -0.4 is 4.74 Å². The Balaban J connectivity index is 2.92. The Labute approximate surface area is 76.2 Å². The zero-order valence-corrected chi connectivity index (χ0v) is 7.52. The van der Waals surface area contributed by atoms with Crippen LogP contribution in [0.2, 0.25) is 0 Å². The average Bonchev–Trinajstić information content (AvgIpc) is 2.07. The number of aromatic hydroxyl groups is 1. The first-order valence-corrected chi connectivity index (χ1v) is 3.94. The molecule has 0 aliphatic rings. The molecular weight excluding hydrogens is 170 g/mol. The third kappa shape index (κ3) is 2.43. The standard InChI is InChI=1S/C9H11NO3/c1-6(2)13-9-3-7(5-11)8(12)4-10-9/h3-6,12H,1-2H3. The Morgan fingerprint density at radius 3 is 2.85 bits per heavy atom. The number of carbonyl (C=O) groups is 1. The predicted octanol–water partition coefficient (Wildman–Crippen LogP) is 1.39. The van der Waals surface area contributed by atoms with E-state index in [9.17, 15) is 4.79 Å². The van der Waals surface area contributed by atoms with Gasteiger partial charge in [-0.1, -0.05) is 0 Å². The molecule has 1 aromatic heterocycles. The molecule has 0 aliphatic heterocycles. The van der Waals surface area contributed by atoms with Crippen LogP contribution in [0.25, 0.3) is 0 Å². The van der Waals surface area contributed by atoms with E-state index < -0.39 is 0 Å². The van der Waals surface area contributed by atoms with Gasteiger partial charge in [-0.05, 0) is 13.8 Å². The van der Waals surface area contributed by atoms with Crippen molar-refractivity contribution >= 4 is 6.29 Å². The number of aldehydes is 1. The highest BCUT2D eigenvalue weighted by Crippen LogP contribution is 2.18. The first-order valence-electron chi connectivity index (χ1n) is 3.94. The quantitative estimate of drug-likeness (QED) is 0.716. The molecular formula is C9H11NO3. The molecule has 0 saturated carbocycles. The highest BCUT2D eigenvalue weighted by molar-refractivity contribution is 5.79. The van der Waals surface area contributed by atoms with Gasteiger partial charge >= 0.3 is 0 Å². The molecule has 13 heavy (non-hydrogen) atoms. The molecule has 1 N–H and O–H groups in total. The number of hydrogen-bond donors (Lipinski definition) is 1. The summed E-state index contributed by atoms with van der Waals surface area (Å²) in [5.74, 6) is 0.209. The number of aromatic nitrogens is 1. The second kappa shape index (κ2) is 3.89. The third-order valence-electron chi connectivity index (χ3n) is 1.37. The number of ether oxygens (including phenoxy) is 1. The van der Waals surface area contributed by atoms with Gasteiger partial charge in [-0.3, -0.25) is 4.79 Å². The molecule has 4 heteroatoms. The molecule has 0 saturated heterocycles. The summed E-state index contributed by atoms with van der Waals surface area (Å²) >= 11 is 0. The second-order valence-corrected chi connectivity index (χ2v) is 2.87. The summed E-state index contributed by atoms with van der Waals surface area (Å²) in [6.07, 6.45) is 1.75. The fourth-order valence-electron chi connectivity index (χ4n) is 0.844. The van der Waals surface area contributed by atoms with Crippen molar-refractivity contribution in [2.75, 3.05) is 0 Å². The molecule has 0 atom stereocenters. The van der Waals surface area contributed by atoms with Crippen molar-refractivity contribution in [2.24, 2.45) is 0 Å². The fraction of sp³-hybridized carbons (Fsp3) is 0.333. The van der Waals surface area contributed by atoms with Gasteiger partial charge in [0, 0.05) is 6.07 Å². The second-order valence-electron chi connectivity index (χ2n) is 2.87. The number of carbonyl (C=O) groups excluding carboxylic acids is 1. The van der Waals surface area contributed by atoms with Crippen LogP contribution >= 0.6 is 0 Å². The Hall–Kier alpha value is -1.58. The van der Waals surface area contributed by atoms with Crippen LogP contribution in [0.5, 0.6) is 11.6 Å². The van der Waals surface area contributed by atoms with E-state index >= 15 is 0 Å². The summed E-state index contributed by atoms with van der Waals surface area (Å²) in [4.78, 5) is 14.2. The van der Waals surface area contributed by atoms with Gasteiger partial charge in [0.1, 0.15) is 5.75 Å². The number of hydrogen-bond acceptors (Lipinski definition) is 4. The van der Waals surface area contributed by atoms with Crippen molar-refractivity contribution in [3.63, 3.8) is 0 Å². The van der Waals surface area contributed by atoms with Gasteiger partial charge < -0.3 is 9.84 Å². The Kier molecular flexibility index (Phi) is 2.84. The lowest BCUT2D eigenvalue weighted by molar-refractivity contribution is 0.111. The zero-order chi connectivity index (χ0) is 9.84. The smallest absolute Gasteiger partial charge is 0.214 e. The van der Waals surface area contributed by atoms with Crippen molar-refractivity contribution < 1.29 is 14.6 Å². The normalized spacial score (nSPS) is 10.1. The first-order chi connectivity index (χ1) is 6.13. The van der Waals surface area contributed by atoms with Gasteiger partial charge in [-0.15, -0.1) is 0 Å². The van der Waals surface area contributed by atoms with E-state index in [1.807, 2.05) is 13.8 Å². The Morgan fingerprint density at radius 1 is 1.62 bits per heavy atom. The van der Waals surface area contributed by atoms with E-state index in [1.165, 1.54) is 12.3 Å². The molecule has 1 aromatic rings. The van der Waals surface area contributed by atoms with Gasteiger partial charge in [0.05, 0.1) is 17.9 Å². The molecule has 4 nitrogen and oxygen atoms in total. The van der Waals surface area contributed by atoms with Crippen LogP contribution in [0.3, 0.4) is 0 Å². The molecule has 0 aliphatic carbocycles. The van der Waals surface area contributed by atoms with Crippen LogP contribution in [0, 0.1) is 0 Å². The Morgan fingerprint density at radius 2 is 2.31 bits per heavy atom. The highest BCUT2D eigenvalue weighted by atomic mass is 16.5. The summed E-state index contributed by atoms with van der Waals surface area (Å²) in [7, 11) is 0. The van der Waals surface area contributed by atoms with Crippen molar-refractivity contribution in [3.8, 4) is 11.6 Å². The molecule has 0 radical (unpaired) electrons. The maximum Gasteiger partial charge on any atom is 0.214 e. The van der Waals surface area contributed by atoms with Crippen LogP contribution in [-0.4, -0.2) is 22.5 Å². The largest absolute Gasteiger partial charge is 0.506 e. The monoisotopic (exact) mass is 181 g/mol. The Bertz CT molecular complexity index is 310. The van der Waals surface area contributed by atoms with Gasteiger partial charge in [-0.2, -0.15) is 0 Å². The van der Waals surface area contributed by atoms with Crippen molar-refractivity contribution in [1.82, 2.24) is 4.98 Å². The van der Waals surface area contributed by atoms with Crippen molar-refractivity contribution in [2.45, 2.75) is 20.0 Å². The summed E-state index contributed by atoms with van der Waals surface area (Å²) in [5, 5.41) is 9.12. The summed E-state index contributed by atoms with van der Waals surface area (Å²) in [6.45, 7) is 3.71. The molecule has 0 spiro atoms. The lowest BCUT2D eigenvalue weighted by atomic mass is 10.3. The molecule has 0 unspecified atom stereocenters. The van der Waals surface area contributed by atoms with E-state index in [4.69, 9.17) is 9.84 Å². The molecule has 0 aromatic carbocycles. The van der Waals surface area contributed by atoms with Crippen LogP contribution in [0.15, 0.2) is 12.3 Å². The fourth-order valence-corrected chi connectivity index (χ4v) is 0.844. The first kappa shape index (κ1) is 9.51. The minimum absolute atomic E-state index is 0.00320. The van der Waals surface area contributed by atoms with Crippen molar-refractivity contribution in [3.05, 3.63) is 17.8 Å². The molecule has 1 heterocycles. The summed E-state index contributed by atoms with van der Waals surface area (Å²) in [5.41, 5.74) is 0.186. The van der Waals surface area contributed by atoms with Gasteiger partial charge in [-0.25, -0.2) is 4.98 Å². The van der Waals surface area contributed by atoms with E-state index in [0.29, 0.717) is 12.2 Å². The molecule has 0 amide bonds. The summed E-state index contributed by atoms with van der Waals surface area (Å²) < 4.78 is 5.23. The minimum atomic E-state index is -0.133. The maximum atomic E-state index is 10.4. The SMILES string of the molecule is CC(C)Oc1cc(C=O)c(O)cn1. The third-order valence-corrected chi connectivity index (χ3v) is 1.37. The van der Waals surface area contributed by atoms with Gasteiger partial charge in [0.15, 0.2) is 6.29 Å². The molecule has 0 fully saturated rings. The van der Waals surface area contributed by atoms with Crippen LogP contribution in [0.4, 0.5) is 0 Å². The predicted molar refractivity (Wildman–Crippen MR) is 47.1 cm³/mol. The highest BCUT2D eigenvalue weighted by Gasteiger charge is 2.04. The lowest BCUT2D eigenvalue weighted by Crippen LogP contribution is -2.07. The maximum absolute atomic E-state index is 10.4. The van der Waals surface area contributed by atoms with E-state index in [1.54, 1.807) is 0 Å². The average molecular weight is 181 g/mol. The molecule has 1 rings (SSSR count). The zero-order valence-electron chi connectivity index (χ0n) is 7.52. The molecule has 70 valence electrons. The van der Waals surface area contributed by atoms with E-state index in [2.05, 4.69) is 4.98 Å². The number of pyridine rings is 1. The van der Waals surface area contributed by atoms with Crippen LogP contribution in [0.1, 0.15) is 24.2 Å². The minimum Gasteiger partial charge on any atom is -0.506 e. The van der Waals surface area contributed by atoms with Crippen LogP contribution in [-0.2, 0) is 0 Å². The lowest BCUT2D eigenvalue weighted by Gasteiger charge is -2.08. The summed E-state index contributed by atoms with van der Waals surface area (Å²) in [6, 6.07) is 1.41. The van der Waals surface area contributed by atoms with Gasteiger partial charge in [0.25, 0.3) is 0 Å². The number of nitrogens with zero attached hydrogens (tertiary/aromatic N) is 1.